The molecule has 0 saturated carbocycles. The van der Waals surface area contributed by atoms with E-state index in [1.54, 1.807) is 30.3 Å². The second-order valence-corrected chi connectivity index (χ2v) is 8.95. The molecule has 0 saturated heterocycles. The molecular weight excluding hydrogens is 433 g/mol. The van der Waals surface area contributed by atoms with Gasteiger partial charge in [0.1, 0.15) is 12.4 Å². The van der Waals surface area contributed by atoms with E-state index in [0.717, 1.165) is 15.9 Å². The zero-order valence-electron chi connectivity index (χ0n) is 17.5. The average Bonchev–Trinajstić information content (AvgIpc) is 2.73. The summed E-state index contributed by atoms with van der Waals surface area (Å²) in [6.07, 6.45) is 0. The maximum absolute atomic E-state index is 14.5. The number of nitrogens with one attached hydrogen (secondary N) is 2. The normalized spacial score (nSPS) is 11.0. The fourth-order valence-electron chi connectivity index (χ4n) is 3.00. The van der Waals surface area contributed by atoms with E-state index in [4.69, 9.17) is 0 Å². The van der Waals surface area contributed by atoms with Gasteiger partial charge in [0.25, 0.3) is 10.0 Å². The summed E-state index contributed by atoms with van der Waals surface area (Å²) in [4.78, 5) is 23.9. The van der Waals surface area contributed by atoms with E-state index in [2.05, 4.69) is 10.6 Å². The van der Waals surface area contributed by atoms with Crippen LogP contribution in [0.2, 0.25) is 0 Å². The summed E-state index contributed by atoms with van der Waals surface area (Å²) < 4.78 is 41.8. The molecule has 0 aliphatic rings. The minimum Gasteiger partial charge on any atom is -0.326 e. The van der Waals surface area contributed by atoms with E-state index >= 15 is 0 Å². The molecule has 0 aliphatic carbocycles. The number of aryl methyl sites for hydroxylation is 1. The summed E-state index contributed by atoms with van der Waals surface area (Å²) in [7, 11) is -4.23. The second kappa shape index (κ2) is 9.61. The lowest BCUT2D eigenvalue weighted by molar-refractivity contribution is -0.115. The molecular formula is C23H22FN3O4S. The van der Waals surface area contributed by atoms with E-state index in [1.165, 1.54) is 43.3 Å². The van der Waals surface area contributed by atoms with Crippen LogP contribution in [0.3, 0.4) is 0 Å². The van der Waals surface area contributed by atoms with Crippen molar-refractivity contribution >= 4 is 38.9 Å². The van der Waals surface area contributed by atoms with Crippen LogP contribution in [-0.4, -0.2) is 26.8 Å². The summed E-state index contributed by atoms with van der Waals surface area (Å²) >= 11 is 0. The zero-order valence-corrected chi connectivity index (χ0v) is 18.3. The van der Waals surface area contributed by atoms with E-state index in [-0.39, 0.29) is 16.5 Å². The SMILES string of the molecule is CC(=O)Nc1cccc(NC(=O)CN(c2ccccc2F)S(=O)(=O)c2ccc(C)cc2)c1. The minimum atomic E-state index is -4.23. The Balaban J connectivity index is 1.91. The molecule has 3 aromatic rings. The standard InChI is InChI=1S/C23H22FN3O4S/c1-16-10-12-20(13-11-16)32(30,31)27(22-9-4-3-8-21(22)24)15-23(29)26-19-7-5-6-18(14-19)25-17(2)28/h3-14H,15H2,1-2H3,(H,25,28)(H,26,29). The maximum atomic E-state index is 14.5. The fourth-order valence-corrected chi connectivity index (χ4v) is 4.43. The molecule has 166 valence electrons. The lowest BCUT2D eigenvalue weighted by atomic mass is 10.2. The van der Waals surface area contributed by atoms with Gasteiger partial charge in [-0.2, -0.15) is 0 Å². The molecule has 0 bridgehead atoms. The largest absolute Gasteiger partial charge is 0.326 e. The van der Waals surface area contributed by atoms with Gasteiger partial charge in [-0.05, 0) is 49.4 Å². The Morgan fingerprint density at radius 2 is 1.53 bits per heavy atom. The van der Waals surface area contributed by atoms with Gasteiger partial charge in [-0.1, -0.05) is 35.9 Å². The molecule has 0 radical (unpaired) electrons. The molecule has 2 N–H and O–H groups in total. The number of carbonyl (C=O) groups is 2. The molecule has 0 fully saturated rings. The number of benzene rings is 3. The van der Waals surface area contributed by atoms with Crippen molar-refractivity contribution in [1.82, 2.24) is 0 Å². The lowest BCUT2D eigenvalue weighted by Gasteiger charge is -2.24. The number of amides is 2. The topological polar surface area (TPSA) is 95.6 Å². The smallest absolute Gasteiger partial charge is 0.264 e. The van der Waals surface area contributed by atoms with Crippen LogP contribution in [0.5, 0.6) is 0 Å². The van der Waals surface area contributed by atoms with Crippen LogP contribution in [0.25, 0.3) is 0 Å². The number of nitrogens with zero attached hydrogens (tertiary/aromatic N) is 1. The average molecular weight is 456 g/mol. The van der Waals surface area contributed by atoms with E-state index < -0.39 is 28.3 Å². The number of rotatable bonds is 7. The van der Waals surface area contributed by atoms with Gasteiger partial charge in [0.05, 0.1) is 10.6 Å². The van der Waals surface area contributed by atoms with Crippen molar-refractivity contribution < 1.29 is 22.4 Å². The van der Waals surface area contributed by atoms with Crippen LogP contribution in [0, 0.1) is 12.7 Å². The van der Waals surface area contributed by atoms with Gasteiger partial charge in [-0.3, -0.25) is 13.9 Å². The first-order chi connectivity index (χ1) is 15.2. The zero-order chi connectivity index (χ0) is 23.3. The van der Waals surface area contributed by atoms with Gasteiger partial charge in [-0.25, -0.2) is 12.8 Å². The van der Waals surface area contributed by atoms with E-state index in [0.29, 0.717) is 11.4 Å². The van der Waals surface area contributed by atoms with Gasteiger partial charge in [0.2, 0.25) is 11.8 Å². The Morgan fingerprint density at radius 1 is 0.906 bits per heavy atom. The third-order valence-electron chi connectivity index (χ3n) is 4.48. The summed E-state index contributed by atoms with van der Waals surface area (Å²) in [5.74, 6) is -1.73. The molecule has 0 heterocycles. The van der Waals surface area contributed by atoms with Crippen molar-refractivity contribution in [2.24, 2.45) is 0 Å². The van der Waals surface area contributed by atoms with Crippen molar-refractivity contribution in [3.8, 4) is 0 Å². The molecule has 0 aromatic heterocycles. The highest BCUT2D eigenvalue weighted by atomic mass is 32.2. The molecule has 7 nitrogen and oxygen atoms in total. The predicted octanol–water partition coefficient (Wildman–Crippen LogP) is 3.93. The van der Waals surface area contributed by atoms with Crippen molar-refractivity contribution in [2.45, 2.75) is 18.7 Å². The Kier molecular flexibility index (Phi) is 6.89. The highest BCUT2D eigenvalue weighted by Crippen LogP contribution is 2.26. The van der Waals surface area contributed by atoms with Crippen LogP contribution < -0.4 is 14.9 Å². The Labute approximate surface area is 185 Å². The molecule has 0 unspecified atom stereocenters. The number of para-hydroxylation sites is 1. The summed E-state index contributed by atoms with van der Waals surface area (Å²) in [5, 5.41) is 5.19. The molecule has 32 heavy (non-hydrogen) atoms. The Hall–Kier alpha value is -3.72. The van der Waals surface area contributed by atoms with Crippen molar-refractivity contribution in [3.05, 3.63) is 84.2 Å². The predicted molar refractivity (Wildman–Crippen MR) is 121 cm³/mol. The first-order valence-corrected chi connectivity index (χ1v) is 11.1. The van der Waals surface area contributed by atoms with Crippen LogP contribution >= 0.6 is 0 Å². The molecule has 0 atom stereocenters. The van der Waals surface area contributed by atoms with Gasteiger partial charge in [-0.15, -0.1) is 0 Å². The quantitative estimate of drug-likeness (QED) is 0.564. The highest BCUT2D eigenvalue weighted by Gasteiger charge is 2.29. The van der Waals surface area contributed by atoms with E-state index in [9.17, 15) is 22.4 Å². The van der Waals surface area contributed by atoms with Crippen molar-refractivity contribution in [2.75, 3.05) is 21.5 Å². The van der Waals surface area contributed by atoms with Crippen LogP contribution in [0.4, 0.5) is 21.5 Å². The Morgan fingerprint density at radius 3 is 2.16 bits per heavy atom. The maximum Gasteiger partial charge on any atom is 0.264 e. The lowest BCUT2D eigenvalue weighted by Crippen LogP contribution is -2.38. The summed E-state index contributed by atoms with van der Waals surface area (Å²) in [5.41, 5.74) is 1.43. The first kappa shape index (κ1) is 23.0. The van der Waals surface area contributed by atoms with Gasteiger partial charge >= 0.3 is 0 Å². The number of sulfonamides is 1. The van der Waals surface area contributed by atoms with Crippen LogP contribution in [0.15, 0.2) is 77.7 Å². The minimum absolute atomic E-state index is 0.0631. The first-order valence-electron chi connectivity index (χ1n) is 9.68. The molecule has 0 spiro atoms. The number of carbonyl (C=O) groups excluding carboxylic acids is 2. The second-order valence-electron chi connectivity index (χ2n) is 7.09. The van der Waals surface area contributed by atoms with Crippen molar-refractivity contribution in [1.29, 1.82) is 0 Å². The third kappa shape index (κ3) is 5.50. The molecule has 3 aromatic carbocycles. The monoisotopic (exact) mass is 455 g/mol. The molecule has 9 heteroatoms. The van der Waals surface area contributed by atoms with Gasteiger partial charge in [0, 0.05) is 18.3 Å². The van der Waals surface area contributed by atoms with Crippen molar-refractivity contribution in [3.63, 3.8) is 0 Å². The van der Waals surface area contributed by atoms with Crippen LogP contribution in [0.1, 0.15) is 12.5 Å². The van der Waals surface area contributed by atoms with Gasteiger partial charge in [0.15, 0.2) is 0 Å². The van der Waals surface area contributed by atoms with Gasteiger partial charge < -0.3 is 10.6 Å². The Bertz CT molecular complexity index is 1240. The van der Waals surface area contributed by atoms with E-state index in [1.807, 2.05) is 6.92 Å². The molecule has 2 amide bonds. The number of halogens is 1. The number of hydrogen-bond donors (Lipinski definition) is 2. The molecule has 0 aliphatic heterocycles. The highest BCUT2D eigenvalue weighted by molar-refractivity contribution is 7.92. The third-order valence-corrected chi connectivity index (χ3v) is 6.26. The number of anilines is 3. The van der Waals surface area contributed by atoms with Crippen LogP contribution in [-0.2, 0) is 19.6 Å². The summed E-state index contributed by atoms with van der Waals surface area (Å²) in [6.45, 7) is 2.52. The number of hydrogen-bond acceptors (Lipinski definition) is 4. The summed E-state index contributed by atoms with van der Waals surface area (Å²) in [6, 6.07) is 17.8. The molecule has 3 rings (SSSR count). The fraction of sp³-hybridized carbons (Fsp3) is 0.130.